The van der Waals surface area contributed by atoms with Crippen LogP contribution in [0.15, 0.2) is 35.4 Å². The van der Waals surface area contributed by atoms with Crippen LogP contribution in [0, 0.1) is 19.8 Å². The summed E-state index contributed by atoms with van der Waals surface area (Å²) in [4.78, 5) is 32.9. The van der Waals surface area contributed by atoms with Crippen LogP contribution >= 0.6 is 24.8 Å². The van der Waals surface area contributed by atoms with Gasteiger partial charge in [-0.2, -0.15) is 0 Å². The SMILES string of the molecule is Cc1cccnc1CN(C(=O)c1c(C)ccn(CC2CCCNC2)c1=O)C(C)C.Cl.Cl. The maximum atomic E-state index is 13.5. The van der Waals surface area contributed by atoms with Gasteiger partial charge in [0.05, 0.1) is 12.2 Å². The molecule has 6 nitrogen and oxygen atoms in total. The lowest BCUT2D eigenvalue weighted by atomic mass is 9.99. The van der Waals surface area contributed by atoms with Crippen LogP contribution in [-0.4, -0.2) is 39.5 Å². The van der Waals surface area contributed by atoms with Crippen molar-refractivity contribution in [2.75, 3.05) is 13.1 Å². The Morgan fingerprint density at radius 3 is 2.61 bits per heavy atom. The Morgan fingerprint density at radius 2 is 2.00 bits per heavy atom. The van der Waals surface area contributed by atoms with Gasteiger partial charge in [0.25, 0.3) is 11.5 Å². The minimum Gasteiger partial charge on any atom is -0.330 e. The summed E-state index contributed by atoms with van der Waals surface area (Å²) in [6.45, 7) is 10.8. The summed E-state index contributed by atoms with van der Waals surface area (Å²) in [7, 11) is 0. The molecule has 1 saturated heterocycles. The lowest BCUT2D eigenvalue weighted by Gasteiger charge is -2.28. The van der Waals surface area contributed by atoms with Gasteiger partial charge in [0, 0.05) is 25.0 Å². The van der Waals surface area contributed by atoms with Crippen molar-refractivity contribution in [3.8, 4) is 0 Å². The van der Waals surface area contributed by atoms with Crippen molar-refractivity contribution in [1.82, 2.24) is 19.8 Å². The number of rotatable bonds is 6. The Kier molecular flexibility index (Phi) is 10.7. The Morgan fingerprint density at radius 1 is 1.26 bits per heavy atom. The van der Waals surface area contributed by atoms with Crippen LogP contribution < -0.4 is 10.9 Å². The lowest BCUT2D eigenvalue weighted by molar-refractivity contribution is 0.0684. The van der Waals surface area contributed by atoms with E-state index in [0.29, 0.717) is 19.0 Å². The van der Waals surface area contributed by atoms with Gasteiger partial charge in [-0.3, -0.25) is 14.6 Å². The van der Waals surface area contributed by atoms with Crippen LogP contribution in [0.1, 0.15) is 53.9 Å². The summed E-state index contributed by atoms with van der Waals surface area (Å²) < 4.78 is 1.71. The topological polar surface area (TPSA) is 67.2 Å². The van der Waals surface area contributed by atoms with Crippen molar-refractivity contribution in [3.63, 3.8) is 0 Å². The quantitative estimate of drug-likeness (QED) is 0.700. The number of hydrogen-bond donors (Lipinski definition) is 1. The van der Waals surface area contributed by atoms with Crippen LogP contribution in [-0.2, 0) is 13.1 Å². The van der Waals surface area contributed by atoms with Gasteiger partial charge in [-0.05, 0) is 82.8 Å². The van der Waals surface area contributed by atoms with Crippen molar-refractivity contribution >= 4 is 30.7 Å². The molecule has 1 unspecified atom stereocenters. The van der Waals surface area contributed by atoms with E-state index in [1.807, 2.05) is 52.1 Å². The van der Waals surface area contributed by atoms with Gasteiger partial charge >= 0.3 is 0 Å². The fourth-order valence-electron chi connectivity index (χ4n) is 3.90. The van der Waals surface area contributed by atoms with Gasteiger partial charge in [-0.1, -0.05) is 6.07 Å². The minimum atomic E-state index is -0.219. The van der Waals surface area contributed by atoms with Gasteiger partial charge in [-0.25, -0.2) is 0 Å². The molecule has 0 aliphatic carbocycles. The molecule has 3 rings (SSSR count). The van der Waals surface area contributed by atoms with Crippen molar-refractivity contribution in [2.45, 2.75) is 59.7 Å². The average Bonchev–Trinajstić information content (AvgIpc) is 2.70. The third-order valence-corrected chi connectivity index (χ3v) is 5.76. The standard InChI is InChI=1S/C23H32N4O2.2ClH/c1-16(2)27(15-20-17(3)7-5-11-25-20)23(29)21-18(4)9-12-26(22(21)28)14-19-8-6-10-24-13-19;;/h5,7,9,11-12,16,19,24H,6,8,10,13-15H2,1-4H3;2*1H. The zero-order chi connectivity index (χ0) is 21.0. The molecule has 0 saturated carbocycles. The monoisotopic (exact) mass is 468 g/mol. The molecule has 172 valence electrons. The van der Waals surface area contributed by atoms with Crippen LogP contribution in [0.2, 0.25) is 0 Å². The molecular weight excluding hydrogens is 435 g/mol. The molecule has 2 aromatic rings. The largest absolute Gasteiger partial charge is 0.330 e. The second-order valence-corrected chi connectivity index (χ2v) is 8.34. The molecule has 1 fully saturated rings. The number of carbonyl (C=O) groups is 1. The first-order valence-electron chi connectivity index (χ1n) is 10.5. The van der Waals surface area contributed by atoms with E-state index < -0.39 is 0 Å². The number of hydrogen-bond acceptors (Lipinski definition) is 4. The maximum Gasteiger partial charge on any atom is 0.263 e. The van der Waals surface area contributed by atoms with E-state index in [9.17, 15) is 9.59 Å². The van der Waals surface area contributed by atoms with Crippen LogP contribution in [0.4, 0.5) is 0 Å². The number of nitrogens with zero attached hydrogens (tertiary/aromatic N) is 3. The molecule has 1 N–H and O–H groups in total. The number of amides is 1. The summed E-state index contributed by atoms with van der Waals surface area (Å²) in [6, 6.07) is 5.72. The van der Waals surface area contributed by atoms with E-state index in [1.165, 1.54) is 0 Å². The predicted molar refractivity (Wildman–Crippen MR) is 130 cm³/mol. The Bertz CT molecular complexity index is 924. The Hall–Kier alpha value is -1.89. The number of piperidine rings is 1. The number of aryl methyl sites for hydroxylation is 2. The number of halogens is 2. The van der Waals surface area contributed by atoms with Crippen molar-refractivity contribution in [1.29, 1.82) is 0 Å². The zero-order valence-corrected chi connectivity index (χ0v) is 20.4. The molecule has 1 amide bonds. The van der Waals surface area contributed by atoms with E-state index in [-0.39, 0.29) is 47.9 Å². The summed E-state index contributed by atoms with van der Waals surface area (Å²) in [6.07, 6.45) is 5.80. The molecule has 1 aliphatic rings. The van der Waals surface area contributed by atoms with Gasteiger partial charge in [0.15, 0.2) is 0 Å². The highest BCUT2D eigenvalue weighted by Gasteiger charge is 2.25. The average molecular weight is 469 g/mol. The third kappa shape index (κ3) is 6.55. The first kappa shape index (κ1) is 27.1. The molecule has 8 heteroatoms. The van der Waals surface area contributed by atoms with E-state index >= 15 is 0 Å². The summed E-state index contributed by atoms with van der Waals surface area (Å²) in [5.74, 6) is 0.202. The highest BCUT2D eigenvalue weighted by Crippen LogP contribution is 2.16. The highest BCUT2D eigenvalue weighted by atomic mass is 35.5. The highest BCUT2D eigenvalue weighted by molar-refractivity contribution is 5.95. The van der Waals surface area contributed by atoms with E-state index in [1.54, 1.807) is 15.7 Å². The molecule has 3 heterocycles. The summed E-state index contributed by atoms with van der Waals surface area (Å²) in [5.41, 5.74) is 2.71. The summed E-state index contributed by atoms with van der Waals surface area (Å²) in [5, 5.41) is 3.39. The third-order valence-electron chi connectivity index (χ3n) is 5.76. The fraction of sp³-hybridized carbons (Fsp3) is 0.522. The smallest absolute Gasteiger partial charge is 0.263 e. The lowest BCUT2D eigenvalue weighted by Crippen LogP contribution is -2.42. The van der Waals surface area contributed by atoms with Crippen LogP contribution in [0.5, 0.6) is 0 Å². The van der Waals surface area contributed by atoms with Crippen molar-refractivity contribution < 1.29 is 4.79 Å². The minimum absolute atomic E-state index is 0. The molecule has 31 heavy (non-hydrogen) atoms. The van der Waals surface area contributed by atoms with Crippen LogP contribution in [0.25, 0.3) is 0 Å². The number of nitrogens with one attached hydrogen (secondary N) is 1. The van der Waals surface area contributed by atoms with Gasteiger partial charge in [0.1, 0.15) is 5.56 Å². The molecule has 0 bridgehead atoms. The molecule has 0 radical (unpaired) electrons. The number of aromatic nitrogens is 2. The molecular formula is C23H34Cl2N4O2. The summed E-state index contributed by atoms with van der Waals surface area (Å²) >= 11 is 0. The van der Waals surface area contributed by atoms with E-state index in [4.69, 9.17) is 0 Å². The van der Waals surface area contributed by atoms with Gasteiger partial charge in [-0.15, -0.1) is 24.8 Å². The molecule has 1 aliphatic heterocycles. The Labute approximate surface area is 197 Å². The molecule has 0 aromatic carbocycles. The van der Waals surface area contributed by atoms with Crippen LogP contribution in [0.3, 0.4) is 0 Å². The molecule has 0 spiro atoms. The first-order valence-corrected chi connectivity index (χ1v) is 10.5. The van der Waals surface area contributed by atoms with E-state index in [2.05, 4.69) is 10.3 Å². The molecule has 1 atom stereocenters. The predicted octanol–water partition coefficient (Wildman–Crippen LogP) is 3.75. The van der Waals surface area contributed by atoms with Gasteiger partial charge in [0.2, 0.25) is 0 Å². The zero-order valence-electron chi connectivity index (χ0n) is 18.8. The number of pyridine rings is 2. The fourth-order valence-corrected chi connectivity index (χ4v) is 3.90. The van der Waals surface area contributed by atoms with E-state index in [0.717, 1.165) is 42.8 Å². The second kappa shape index (κ2) is 12.2. The van der Waals surface area contributed by atoms with Gasteiger partial charge < -0.3 is 14.8 Å². The molecule has 2 aromatic heterocycles. The van der Waals surface area contributed by atoms with Crippen molar-refractivity contribution in [2.24, 2.45) is 5.92 Å². The second-order valence-electron chi connectivity index (χ2n) is 8.34. The maximum absolute atomic E-state index is 13.5. The number of carbonyl (C=O) groups excluding carboxylic acids is 1. The van der Waals surface area contributed by atoms with Crippen molar-refractivity contribution in [3.05, 3.63) is 63.3 Å². The Balaban J connectivity index is 0.00000240. The first-order chi connectivity index (χ1) is 13.9. The normalized spacial score (nSPS) is 15.7.